The van der Waals surface area contributed by atoms with Crippen LogP contribution in [-0.4, -0.2) is 19.5 Å². The van der Waals surface area contributed by atoms with Gasteiger partial charge in [-0.05, 0) is 49.7 Å². The summed E-state index contributed by atoms with van der Waals surface area (Å²) in [6, 6.07) is 14.5. The Hall–Kier alpha value is -2.16. The van der Waals surface area contributed by atoms with E-state index in [9.17, 15) is 18.5 Å². The van der Waals surface area contributed by atoms with Crippen molar-refractivity contribution in [3.63, 3.8) is 0 Å². The lowest BCUT2D eigenvalue weighted by atomic mass is 10.1. The molecule has 0 amide bonds. The molecule has 0 aliphatic rings. The minimum absolute atomic E-state index is 0.0229. The molecule has 6 heteroatoms. The quantitative estimate of drug-likeness (QED) is 0.729. The van der Waals surface area contributed by atoms with Crippen molar-refractivity contribution in [1.82, 2.24) is 0 Å². The zero-order valence-electron chi connectivity index (χ0n) is 13.1. The number of benzene rings is 2. The Balaban J connectivity index is 2.11. The maximum Gasteiger partial charge on any atom is 0.194 e. The first-order valence-corrected chi connectivity index (χ1v) is 9.26. The summed E-state index contributed by atoms with van der Waals surface area (Å²) in [5.41, 5.74) is 1.38. The van der Waals surface area contributed by atoms with Crippen molar-refractivity contribution < 1.29 is 13.2 Å². The fraction of sp³-hybridized carbons (Fsp3) is 0.222. The highest BCUT2D eigenvalue weighted by Crippen LogP contribution is 2.21. The first-order chi connectivity index (χ1) is 11.3. The average Bonchev–Trinajstić information content (AvgIpc) is 2.56. The van der Waals surface area contributed by atoms with E-state index >= 15 is 0 Å². The predicted octanol–water partition coefficient (Wildman–Crippen LogP) is 3.98. The molecule has 2 aromatic carbocycles. The Labute approximate surface area is 146 Å². The largest absolute Gasteiger partial charge is 0.294 e. The fourth-order valence-corrected chi connectivity index (χ4v) is 3.76. The molecule has 0 aliphatic heterocycles. The van der Waals surface area contributed by atoms with Gasteiger partial charge in [0.1, 0.15) is 0 Å². The lowest BCUT2D eigenvalue weighted by molar-refractivity contribution is 0.0981. The molecule has 0 saturated heterocycles. The number of sulfone groups is 1. The van der Waals surface area contributed by atoms with Crippen LogP contribution in [-0.2, 0) is 9.84 Å². The second-order valence-corrected chi connectivity index (χ2v) is 8.01. The molecule has 0 fully saturated rings. The SMILES string of the molecule is Cc1ccc(S(=O)(=O)[C@H](C#N)CCC(=O)c2ccc(Cl)cc2)cc1. The maximum atomic E-state index is 12.5. The number of carbonyl (C=O) groups excluding carboxylic acids is 1. The van der Waals surface area contributed by atoms with Crippen LogP contribution in [0.4, 0.5) is 0 Å². The molecule has 1 atom stereocenters. The lowest BCUT2D eigenvalue weighted by Crippen LogP contribution is -2.21. The van der Waals surface area contributed by atoms with Gasteiger partial charge in [0, 0.05) is 17.0 Å². The number of hydrogen-bond acceptors (Lipinski definition) is 4. The van der Waals surface area contributed by atoms with Crippen molar-refractivity contribution in [2.24, 2.45) is 0 Å². The van der Waals surface area contributed by atoms with E-state index in [4.69, 9.17) is 11.6 Å². The molecule has 24 heavy (non-hydrogen) atoms. The third kappa shape index (κ3) is 4.22. The molecule has 0 saturated carbocycles. The van der Waals surface area contributed by atoms with Crippen molar-refractivity contribution in [3.8, 4) is 6.07 Å². The van der Waals surface area contributed by atoms with E-state index in [1.54, 1.807) is 36.4 Å². The minimum Gasteiger partial charge on any atom is -0.294 e. The molecule has 0 unspecified atom stereocenters. The molecular formula is C18H16ClNO3S. The van der Waals surface area contributed by atoms with Crippen LogP contribution in [0.5, 0.6) is 0 Å². The van der Waals surface area contributed by atoms with Gasteiger partial charge in [0.05, 0.1) is 11.0 Å². The Kier molecular flexibility index (Phi) is 5.76. The predicted molar refractivity (Wildman–Crippen MR) is 92.8 cm³/mol. The lowest BCUT2D eigenvalue weighted by Gasteiger charge is -2.11. The molecule has 124 valence electrons. The van der Waals surface area contributed by atoms with Crippen LogP contribution in [0.25, 0.3) is 0 Å². The first kappa shape index (κ1) is 18.2. The van der Waals surface area contributed by atoms with Gasteiger partial charge in [-0.2, -0.15) is 5.26 Å². The minimum atomic E-state index is -3.79. The number of halogens is 1. The van der Waals surface area contributed by atoms with Crippen LogP contribution in [0.1, 0.15) is 28.8 Å². The number of Topliss-reactive ketones (excluding diaryl/α,β-unsaturated/α-hetero) is 1. The fourth-order valence-electron chi connectivity index (χ4n) is 2.22. The molecule has 0 heterocycles. The summed E-state index contributed by atoms with van der Waals surface area (Å²) in [5, 5.41) is 8.50. The Morgan fingerprint density at radius 3 is 2.25 bits per heavy atom. The molecule has 0 spiro atoms. The Morgan fingerprint density at radius 1 is 1.12 bits per heavy atom. The van der Waals surface area contributed by atoms with Crippen molar-refractivity contribution in [2.45, 2.75) is 29.9 Å². The van der Waals surface area contributed by atoms with E-state index in [2.05, 4.69) is 0 Å². The van der Waals surface area contributed by atoms with Gasteiger partial charge in [0.15, 0.2) is 20.9 Å². The summed E-state index contributed by atoms with van der Waals surface area (Å²) in [7, 11) is -3.79. The number of hydrogen-bond donors (Lipinski definition) is 0. The molecule has 4 nitrogen and oxygen atoms in total. The van der Waals surface area contributed by atoms with Gasteiger partial charge in [-0.1, -0.05) is 29.3 Å². The molecule has 0 N–H and O–H groups in total. The first-order valence-electron chi connectivity index (χ1n) is 7.33. The molecular weight excluding hydrogens is 346 g/mol. The Morgan fingerprint density at radius 2 is 1.71 bits per heavy atom. The number of rotatable bonds is 6. The van der Waals surface area contributed by atoms with Gasteiger partial charge >= 0.3 is 0 Å². The highest BCUT2D eigenvalue weighted by atomic mass is 35.5. The third-order valence-corrected chi connectivity index (χ3v) is 5.94. The van der Waals surface area contributed by atoms with Gasteiger partial charge in [-0.15, -0.1) is 0 Å². The van der Waals surface area contributed by atoms with Crippen LogP contribution < -0.4 is 0 Å². The van der Waals surface area contributed by atoms with Gasteiger partial charge < -0.3 is 0 Å². The molecule has 0 aliphatic carbocycles. The summed E-state index contributed by atoms with van der Waals surface area (Å²) in [6.07, 6.45) is -0.0703. The highest BCUT2D eigenvalue weighted by molar-refractivity contribution is 7.92. The number of aryl methyl sites for hydroxylation is 1. The van der Waals surface area contributed by atoms with Gasteiger partial charge in [0.2, 0.25) is 0 Å². The molecule has 0 aromatic heterocycles. The van der Waals surface area contributed by atoms with Crippen molar-refractivity contribution >= 4 is 27.2 Å². The zero-order valence-corrected chi connectivity index (χ0v) is 14.6. The Bertz CT molecular complexity index is 866. The smallest absolute Gasteiger partial charge is 0.194 e. The van der Waals surface area contributed by atoms with E-state index < -0.39 is 15.1 Å². The molecule has 0 radical (unpaired) electrons. The van der Waals surface area contributed by atoms with Crippen molar-refractivity contribution in [3.05, 3.63) is 64.7 Å². The van der Waals surface area contributed by atoms with Crippen LogP contribution in [0.3, 0.4) is 0 Å². The standard InChI is InChI=1S/C18H16ClNO3S/c1-13-2-8-16(9-3-13)24(22,23)17(12-20)10-11-18(21)14-4-6-15(19)7-5-14/h2-9,17H,10-11H2,1H3/t17-/m0/s1. The number of carbonyl (C=O) groups is 1. The van der Waals surface area contributed by atoms with E-state index in [0.29, 0.717) is 10.6 Å². The number of ketones is 1. The zero-order chi connectivity index (χ0) is 17.7. The van der Waals surface area contributed by atoms with Gasteiger partial charge in [-0.3, -0.25) is 4.79 Å². The number of nitriles is 1. The second-order valence-electron chi connectivity index (χ2n) is 5.44. The van der Waals surface area contributed by atoms with Gasteiger partial charge in [-0.25, -0.2) is 8.42 Å². The van der Waals surface area contributed by atoms with E-state index in [-0.39, 0.29) is 23.5 Å². The van der Waals surface area contributed by atoms with Crippen LogP contribution in [0.15, 0.2) is 53.4 Å². The second kappa shape index (κ2) is 7.61. The molecule has 0 bridgehead atoms. The van der Waals surface area contributed by atoms with E-state index in [1.165, 1.54) is 12.1 Å². The van der Waals surface area contributed by atoms with Crippen LogP contribution in [0.2, 0.25) is 5.02 Å². The van der Waals surface area contributed by atoms with Gasteiger partial charge in [0.25, 0.3) is 0 Å². The summed E-state index contributed by atoms with van der Waals surface area (Å²) in [5.74, 6) is -0.217. The average molecular weight is 362 g/mol. The monoisotopic (exact) mass is 361 g/mol. The summed E-state index contributed by atoms with van der Waals surface area (Å²) >= 11 is 5.77. The molecule has 2 rings (SSSR count). The van der Waals surface area contributed by atoms with E-state index in [1.807, 2.05) is 13.0 Å². The van der Waals surface area contributed by atoms with Crippen LogP contribution in [0, 0.1) is 18.3 Å². The maximum absolute atomic E-state index is 12.5. The highest BCUT2D eigenvalue weighted by Gasteiger charge is 2.28. The number of nitrogens with zero attached hydrogens (tertiary/aromatic N) is 1. The molecule has 2 aromatic rings. The topological polar surface area (TPSA) is 75.0 Å². The van der Waals surface area contributed by atoms with Crippen LogP contribution >= 0.6 is 11.6 Å². The normalized spacial score (nSPS) is 12.4. The summed E-state index contributed by atoms with van der Waals surface area (Å²) in [4.78, 5) is 12.2. The van der Waals surface area contributed by atoms with E-state index in [0.717, 1.165) is 5.56 Å². The third-order valence-electron chi connectivity index (χ3n) is 3.67. The summed E-state index contributed by atoms with van der Waals surface area (Å²) in [6.45, 7) is 1.85. The summed E-state index contributed by atoms with van der Waals surface area (Å²) < 4.78 is 25.0. The van der Waals surface area contributed by atoms with Crippen molar-refractivity contribution in [2.75, 3.05) is 0 Å². The van der Waals surface area contributed by atoms with Crippen molar-refractivity contribution in [1.29, 1.82) is 5.26 Å².